The van der Waals surface area contributed by atoms with E-state index in [1.54, 1.807) is 12.1 Å². The van der Waals surface area contributed by atoms with Gasteiger partial charge in [0.15, 0.2) is 0 Å². The molecule has 4 rings (SSSR count). The maximum Gasteiger partial charge on any atom is 0.123 e. The molecule has 4 nitrogen and oxygen atoms in total. The molecule has 1 heterocycles. The summed E-state index contributed by atoms with van der Waals surface area (Å²) in [5.41, 5.74) is 2.76. The second kappa shape index (κ2) is 12.7. The van der Waals surface area contributed by atoms with E-state index in [4.69, 9.17) is 9.47 Å². The number of aliphatic hydroxyl groups excluding tert-OH is 1. The molecule has 1 aliphatic rings. The van der Waals surface area contributed by atoms with Crippen molar-refractivity contribution < 1.29 is 19.0 Å². The van der Waals surface area contributed by atoms with Gasteiger partial charge in [-0.1, -0.05) is 60.7 Å². The third-order valence-corrected chi connectivity index (χ3v) is 6.51. The molecule has 0 amide bonds. The first-order chi connectivity index (χ1) is 16.7. The van der Waals surface area contributed by atoms with E-state index >= 15 is 0 Å². The van der Waals surface area contributed by atoms with Crippen LogP contribution in [0.25, 0.3) is 0 Å². The van der Waals surface area contributed by atoms with Crippen LogP contribution in [-0.4, -0.2) is 55.6 Å². The van der Waals surface area contributed by atoms with Crippen molar-refractivity contribution in [3.8, 4) is 5.75 Å². The number of rotatable bonds is 11. The Labute approximate surface area is 202 Å². The van der Waals surface area contributed by atoms with Crippen LogP contribution < -0.4 is 4.74 Å². The fraction of sp³-hybridized carbons (Fsp3) is 0.379. The normalized spacial score (nSPS) is 16.0. The number of halogens is 1. The van der Waals surface area contributed by atoms with Crippen molar-refractivity contribution in [3.63, 3.8) is 0 Å². The van der Waals surface area contributed by atoms with Crippen LogP contribution >= 0.6 is 0 Å². The van der Waals surface area contributed by atoms with Crippen LogP contribution in [0.2, 0.25) is 0 Å². The Morgan fingerprint density at radius 2 is 1.41 bits per heavy atom. The molecular formula is C29H34FNO3. The Bertz CT molecular complexity index is 920. The molecule has 0 aromatic heterocycles. The van der Waals surface area contributed by atoms with Gasteiger partial charge in [-0.25, -0.2) is 4.39 Å². The first-order valence-corrected chi connectivity index (χ1v) is 12.2. The zero-order chi connectivity index (χ0) is 23.6. The molecular weight excluding hydrogens is 429 g/mol. The van der Waals surface area contributed by atoms with Crippen LogP contribution in [0.5, 0.6) is 5.75 Å². The maximum atomic E-state index is 12.9. The van der Waals surface area contributed by atoms with Gasteiger partial charge < -0.3 is 19.5 Å². The number of piperidine rings is 1. The van der Waals surface area contributed by atoms with E-state index in [1.165, 1.54) is 23.3 Å². The van der Waals surface area contributed by atoms with Crippen molar-refractivity contribution in [2.45, 2.75) is 24.9 Å². The van der Waals surface area contributed by atoms with E-state index < -0.39 is 6.10 Å². The minimum atomic E-state index is -0.526. The van der Waals surface area contributed by atoms with E-state index in [1.807, 2.05) is 0 Å². The zero-order valence-corrected chi connectivity index (χ0v) is 19.6. The van der Waals surface area contributed by atoms with Crippen LogP contribution in [0.4, 0.5) is 4.39 Å². The summed E-state index contributed by atoms with van der Waals surface area (Å²) < 4.78 is 24.0. The van der Waals surface area contributed by atoms with Gasteiger partial charge in [0.25, 0.3) is 0 Å². The molecule has 1 fully saturated rings. The van der Waals surface area contributed by atoms with Gasteiger partial charge in [-0.2, -0.15) is 0 Å². The third-order valence-electron chi connectivity index (χ3n) is 6.51. The third kappa shape index (κ3) is 7.13. The summed E-state index contributed by atoms with van der Waals surface area (Å²) >= 11 is 0. The number of benzene rings is 3. The van der Waals surface area contributed by atoms with Crippen molar-refractivity contribution >= 4 is 0 Å². The molecule has 1 N–H and O–H groups in total. The topological polar surface area (TPSA) is 41.9 Å². The van der Waals surface area contributed by atoms with E-state index in [2.05, 4.69) is 65.6 Å². The number of hydrogen-bond donors (Lipinski definition) is 1. The lowest BCUT2D eigenvalue weighted by atomic mass is 9.76. The molecule has 0 radical (unpaired) electrons. The molecule has 180 valence electrons. The lowest BCUT2D eigenvalue weighted by Gasteiger charge is -2.37. The van der Waals surface area contributed by atoms with Gasteiger partial charge in [-0.05, 0) is 67.2 Å². The molecule has 3 aromatic carbocycles. The Balaban J connectivity index is 1.19. The number of nitrogens with zero attached hydrogens (tertiary/aromatic N) is 1. The maximum absolute atomic E-state index is 12.9. The molecule has 0 aliphatic carbocycles. The SMILES string of the molecule is OC(COCCOc1ccc(F)cc1)CN1CCC(C(c2ccccc2)c2ccccc2)CC1. The lowest BCUT2D eigenvalue weighted by molar-refractivity contribution is 0.00248. The minimum Gasteiger partial charge on any atom is -0.491 e. The molecule has 0 saturated carbocycles. The van der Waals surface area contributed by atoms with Crippen molar-refractivity contribution in [2.24, 2.45) is 5.92 Å². The first-order valence-electron chi connectivity index (χ1n) is 12.2. The summed E-state index contributed by atoms with van der Waals surface area (Å²) in [4.78, 5) is 2.34. The number of ether oxygens (including phenoxy) is 2. The Kier molecular flexibility index (Phi) is 9.08. The molecule has 1 aliphatic heterocycles. The number of β-amino-alcohol motifs (C(OH)–C–C–N with tert-alkyl or cyclic N) is 1. The van der Waals surface area contributed by atoms with Gasteiger partial charge in [-0.3, -0.25) is 0 Å². The van der Waals surface area contributed by atoms with Gasteiger partial charge >= 0.3 is 0 Å². The second-order valence-corrected chi connectivity index (χ2v) is 8.97. The van der Waals surface area contributed by atoms with E-state index in [0.29, 0.717) is 37.3 Å². The molecule has 3 aromatic rings. The Morgan fingerprint density at radius 3 is 2.00 bits per heavy atom. The van der Waals surface area contributed by atoms with Gasteiger partial charge in [0.05, 0.1) is 19.3 Å². The van der Waals surface area contributed by atoms with Crippen LogP contribution in [0.15, 0.2) is 84.9 Å². The first kappa shape index (κ1) is 24.4. The standard InChI is InChI=1S/C29H34FNO3/c30-26-11-13-28(14-12-26)34-20-19-33-22-27(32)21-31-17-15-25(16-18-31)29(23-7-3-1-4-8-23)24-9-5-2-6-10-24/h1-14,25,27,29,32H,15-22H2. The summed E-state index contributed by atoms with van der Waals surface area (Å²) in [6, 6.07) is 27.5. The monoisotopic (exact) mass is 463 g/mol. The predicted octanol–water partition coefficient (Wildman–Crippen LogP) is 5.13. The van der Waals surface area contributed by atoms with Crippen LogP contribution in [0, 0.1) is 11.7 Å². The summed E-state index contributed by atoms with van der Waals surface area (Å²) in [5.74, 6) is 1.31. The Hall–Kier alpha value is -2.73. The fourth-order valence-electron chi connectivity index (χ4n) is 4.85. The quantitative estimate of drug-likeness (QED) is 0.401. The largest absolute Gasteiger partial charge is 0.491 e. The van der Waals surface area contributed by atoms with Crippen molar-refractivity contribution in [2.75, 3.05) is 39.5 Å². The highest BCUT2D eigenvalue weighted by Gasteiger charge is 2.29. The van der Waals surface area contributed by atoms with Gasteiger partial charge in [0.1, 0.15) is 18.2 Å². The van der Waals surface area contributed by atoms with Crippen molar-refractivity contribution in [3.05, 3.63) is 102 Å². The summed E-state index contributed by atoms with van der Waals surface area (Å²) in [6.07, 6.45) is 1.68. The van der Waals surface area contributed by atoms with E-state index in [0.717, 1.165) is 25.9 Å². The molecule has 0 spiro atoms. The highest BCUT2D eigenvalue weighted by molar-refractivity contribution is 5.33. The lowest BCUT2D eigenvalue weighted by Crippen LogP contribution is -2.41. The summed E-state index contributed by atoms with van der Waals surface area (Å²) in [5, 5.41) is 10.4. The van der Waals surface area contributed by atoms with Crippen LogP contribution in [0.3, 0.4) is 0 Å². The molecule has 0 bridgehead atoms. The average molecular weight is 464 g/mol. The number of likely N-dealkylation sites (tertiary alicyclic amines) is 1. The van der Waals surface area contributed by atoms with Gasteiger partial charge in [0, 0.05) is 12.5 Å². The highest BCUT2D eigenvalue weighted by Crippen LogP contribution is 2.37. The predicted molar refractivity (Wildman–Crippen MR) is 133 cm³/mol. The van der Waals surface area contributed by atoms with Gasteiger partial charge in [-0.15, -0.1) is 0 Å². The van der Waals surface area contributed by atoms with Crippen molar-refractivity contribution in [1.82, 2.24) is 4.90 Å². The Morgan fingerprint density at radius 1 is 0.824 bits per heavy atom. The van der Waals surface area contributed by atoms with Crippen molar-refractivity contribution in [1.29, 1.82) is 0 Å². The van der Waals surface area contributed by atoms with Gasteiger partial charge in [0.2, 0.25) is 0 Å². The van der Waals surface area contributed by atoms with Crippen LogP contribution in [0.1, 0.15) is 29.9 Å². The average Bonchev–Trinajstić information content (AvgIpc) is 2.87. The minimum absolute atomic E-state index is 0.281. The molecule has 1 atom stereocenters. The number of aliphatic hydroxyl groups is 1. The molecule has 34 heavy (non-hydrogen) atoms. The summed E-state index contributed by atoms with van der Waals surface area (Å²) in [6.45, 7) is 3.60. The van der Waals surface area contributed by atoms with E-state index in [9.17, 15) is 9.50 Å². The molecule has 1 saturated heterocycles. The smallest absolute Gasteiger partial charge is 0.123 e. The van der Waals surface area contributed by atoms with E-state index in [-0.39, 0.29) is 12.4 Å². The zero-order valence-electron chi connectivity index (χ0n) is 19.6. The fourth-order valence-corrected chi connectivity index (χ4v) is 4.85. The van der Waals surface area contributed by atoms with Crippen LogP contribution in [-0.2, 0) is 4.74 Å². The number of hydrogen-bond acceptors (Lipinski definition) is 4. The molecule has 5 heteroatoms. The highest BCUT2D eigenvalue weighted by atomic mass is 19.1. The summed E-state index contributed by atoms with van der Waals surface area (Å²) in [7, 11) is 0. The second-order valence-electron chi connectivity index (χ2n) is 8.97. The molecule has 1 unspecified atom stereocenters.